The lowest BCUT2D eigenvalue weighted by Crippen LogP contribution is -2.37. The summed E-state index contributed by atoms with van der Waals surface area (Å²) in [7, 11) is 0. The molecule has 3 atom stereocenters. The van der Waals surface area contributed by atoms with Gasteiger partial charge in [-0.15, -0.1) is 0 Å². The number of unbranched alkanes of at least 4 members (excludes halogenated alkanes) is 1. The van der Waals surface area contributed by atoms with Crippen LogP contribution in [0.1, 0.15) is 59.8 Å². The Kier molecular flexibility index (Phi) is 4.38. The van der Waals surface area contributed by atoms with Crippen molar-refractivity contribution in [2.45, 2.75) is 65.9 Å². The van der Waals surface area contributed by atoms with Gasteiger partial charge in [-0.2, -0.15) is 0 Å². The highest BCUT2D eigenvalue weighted by Crippen LogP contribution is 2.66. The standard InChI is InChI=1S/C16H30O2/c1-5-6-9-17-10-11-18-14-12-13-7-8-16(14,4)15(13,2)3/h13-14H,5-12H2,1-4H3. The van der Waals surface area contributed by atoms with Gasteiger partial charge >= 0.3 is 0 Å². The molecule has 0 heterocycles. The number of hydrogen-bond acceptors (Lipinski definition) is 2. The molecular weight excluding hydrogens is 224 g/mol. The minimum absolute atomic E-state index is 0.390. The largest absolute Gasteiger partial charge is 0.379 e. The first-order valence-corrected chi connectivity index (χ1v) is 7.71. The maximum atomic E-state index is 6.13. The topological polar surface area (TPSA) is 18.5 Å². The third kappa shape index (κ3) is 2.34. The molecule has 0 amide bonds. The lowest BCUT2D eigenvalue weighted by Gasteiger charge is -2.38. The monoisotopic (exact) mass is 254 g/mol. The van der Waals surface area contributed by atoms with Gasteiger partial charge in [0.25, 0.3) is 0 Å². The Morgan fingerprint density at radius 3 is 2.44 bits per heavy atom. The van der Waals surface area contributed by atoms with Crippen molar-refractivity contribution >= 4 is 0 Å². The average Bonchev–Trinajstić information content (AvgIpc) is 2.66. The summed E-state index contributed by atoms with van der Waals surface area (Å²) in [5, 5.41) is 0. The van der Waals surface area contributed by atoms with Crippen LogP contribution in [0.4, 0.5) is 0 Å². The summed E-state index contributed by atoms with van der Waals surface area (Å²) in [6.07, 6.45) is 6.83. The Balaban J connectivity index is 1.72. The number of ether oxygens (including phenoxy) is 2. The van der Waals surface area contributed by atoms with Crippen LogP contribution in [0.2, 0.25) is 0 Å². The van der Waals surface area contributed by atoms with Gasteiger partial charge in [0.1, 0.15) is 0 Å². The summed E-state index contributed by atoms with van der Waals surface area (Å²) in [4.78, 5) is 0. The maximum absolute atomic E-state index is 6.13. The predicted octanol–water partition coefficient (Wildman–Crippen LogP) is 4.03. The molecule has 0 N–H and O–H groups in total. The highest BCUT2D eigenvalue weighted by molar-refractivity contribution is 5.11. The molecule has 106 valence electrons. The van der Waals surface area contributed by atoms with Crippen LogP contribution in [0.15, 0.2) is 0 Å². The molecule has 2 saturated carbocycles. The van der Waals surface area contributed by atoms with Crippen molar-refractivity contribution in [1.82, 2.24) is 0 Å². The van der Waals surface area contributed by atoms with Crippen LogP contribution < -0.4 is 0 Å². The third-order valence-electron chi connectivity index (χ3n) is 5.90. The minimum atomic E-state index is 0.390. The molecule has 0 aromatic rings. The van der Waals surface area contributed by atoms with Gasteiger partial charge in [-0.1, -0.05) is 34.1 Å². The van der Waals surface area contributed by atoms with Crippen LogP contribution in [-0.2, 0) is 9.47 Å². The maximum Gasteiger partial charge on any atom is 0.0704 e. The van der Waals surface area contributed by atoms with E-state index < -0.39 is 0 Å². The number of rotatable bonds is 7. The first-order chi connectivity index (χ1) is 8.52. The van der Waals surface area contributed by atoms with Crippen LogP contribution in [0, 0.1) is 16.7 Å². The molecule has 2 fully saturated rings. The van der Waals surface area contributed by atoms with Crippen molar-refractivity contribution in [1.29, 1.82) is 0 Å². The van der Waals surface area contributed by atoms with Gasteiger partial charge in [0.05, 0.1) is 19.3 Å². The van der Waals surface area contributed by atoms with Crippen molar-refractivity contribution in [2.24, 2.45) is 16.7 Å². The summed E-state index contributed by atoms with van der Waals surface area (Å²) in [6.45, 7) is 11.9. The van der Waals surface area contributed by atoms with Crippen LogP contribution in [0.3, 0.4) is 0 Å². The lowest BCUT2D eigenvalue weighted by molar-refractivity contribution is -0.0645. The van der Waals surface area contributed by atoms with E-state index in [9.17, 15) is 0 Å². The molecule has 2 aliphatic rings. The fourth-order valence-corrected chi connectivity index (χ4v) is 3.98. The summed E-state index contributed by atoms with van der Waals surface area (Å²) < 4.78 is 11.7. The second-order valence-corrected chi connectivity index (χ2v) is 6.94. The van der Waals surface area contributed by atoms with E-state index in [0.29, 0.717) is 16.9 Å². The van der Waals surface area contributed by atoms with Gasteiger partial charge in [-0.3, -0.25) is 0 Å². The van der Waals surface area contributed by atoms with E-state index in [1.54, 1.807) is 0 Å². The molecule has 0 saturated heterocycles. The van der Waals surface area contributed by atoms with Crippen LogP contribution in [0.5, 0.6) is 0 Å². The lowest BCUT2D eigenvalue weighted by atomic mass is 9.70. The van der Waals surface area contributed by atoms with Crippen molar-refractivity contribution in [3.63, 3.8) is 0 Å². The molecular formula is C16H30O2. The molecule has 2 rings (SSSR count). The SMILES string of the molecule is CCCCOCCOC1CC2CCC1(C)C2(C)C. The summed E-state index contributed by atoms with van der Waals surface area (Å²) >= 11 is 0. The second kappa shape index (κ2) is 5.50. The van der Waals surface area contributed by atoms with Crippen molar-refractivity contribution < 1.29 is 9.47 Å². The zero-order valence-electron chi connectivity index (χ0n) is 12.6. The molecule has 0 aromatic carbocycles. The highest BCUT2D eigenvalue weighted by atomic mass is 16.5. The number of fused-ring (bicyclic) bond motifs is 2. The molecule has 0 aliphatic heterocycles. The Hall–Kier alpha value is -0.0800. The van der Waals surface area contributed by atoms with E-state index in [4.69, 9.17) is 9.47 Å². The molecule has 0 aromatic heterocycles. The summed E-state index contributed by atoms with van der Waals surface area (Å²) in [5.74, 6) is 0.869. The van der Waals surface area contributed by atoms with Gasteiger partial charge < -0.3 is 9.47 Å². The molecule has 18 heavy (non-hydrogen) atoms. The van der Waals surface area contributed by atoms with E-state index in [0.717, 1.165) is 32.2 Å². The van der Waals surface area contributed by atoms with Crippen molar-refractivity contribution in [3.8, 4) is 0 Å². The molecule has 3 unspecified atom stereocenters. The molecule has 2 bridgehead atoms. The smallest absolute Gasteiger partial charge is 0.0704 e. The molecule has 0 spiro atoms. The Morgan fingerprint density at radius 2 is 1.89 bits per heavy atom. The first kappa shape index (κ1) is 14.3. The van der Waals surface area contributed by atoms with Gasteiger partial charge in [-0.05, 0) is 42.4 Å². The quantitative estimate of drug-likeness (QED) is 0.638. The minimum Gasteiger partial charge on any atom is -0.379 e. The zero-order valence-corrected chi connectivity index (χ0v) is 12.6. The van der Waals surface area contributed by atoms with E-state index >= 15 is 0 Å². The molecule has 2 nitrogen and oxygen atoms in total. The van der Waals surface area contributed by atoms with Gasteiger partial charge in [0.15, 0.2) is 0 Å². The van der Waals surface area contributed by atoms with E-state index in [-0.39, 0.29) is 0 Å². The van der Waals surface area contributed by atoms with Crippen LogP contribution in [0.25, 0.3) is 0 Å². The Bertz CT molecular complexity index is 274. The van der Waals surface area contributed by atoms with Gasteiger partial charge in [0, 0.05) is 6.61 Å². The molecule has 2 heteroatoms. The normalized spacial score (nSPS) is 37.3. The van der Waals surface area contributed by atoms with Crippen LogP contribution in [-0.4, -0.2) is 25.9 Å². The third-order valence-corrected chi connectivity index (χ3v) is 5.90. The van der Waals surface area contributed by atoms with E-state index in [1.807, 2.05) is 0 Å². The summed E-state index contributed by atoms with van der Waals surface area (Å²) in [6, 6.07) is 0. The fourth-order valence-electron chi connectivity index (χ4n) is 3.98. The molecule has 2 aliphatic carbocycles. The second-order valence-electron chi connectivity index (χ2n) is 6.94. The first-order valence-electron chi connectivity index (χ1n) is 7.71. The predicted molar refractivity (Wildman–Crippen MR) is 74.7 cm³/mol. The highest BCUT2D eigenvalue weighted by Gasteiger charge is 2.61. The Morgan fingerprint density at radius 1 is 1.11 bits per heavy atom. The molecule has 0 radical (unpaired) electrons. The van der Waals surface area contributed by atoms with Crippen molar-refractivity contribution in [2.75, 3.05) is 19.8 Å². The van der Waals surface area contributed by atoms with Gasteiger partial charge in [0.2, 0.25) is 0 Å². The van der Waals surface area contributed by atoms with Crippen molar-refractivity contribution in [3.05, 3.63) is 0 Å². The average molecular weight is 254 g/mol. The Labute approximate surface area is 112 Å². The fraction of sp³-hybridized carbons (Fsp3) is 1.00. The van der Waals surface area contributed by atoms with Gasteiger partial charge in [-0.25, -0.2) is 0 Å². The number of hydrogen-bond donors (Lipinski definition) is 0. The van der Waals surface area contributed by atoms with Crippen LogP contribution >= 0.6 is 0 Å². The summed E-state index contributed by atoms with van der Waals surface area (Å²) in [5.41, 5.74) is 0.849. The zero-order chi connectivity index (χ0) is 13.2. The van der Waals surface area contributed by atoms with E-state index in [2.05, 4.69) is 27.7 Å². The van der Waals surface area contributed by atoms with E-state index in [1.165, 1.54) is 25.7 Å².